The number of hydrogen-bond acceptors (Lipinski definition) is 5. The lowest BCUT2D eigenvalue weighted by Gasteiger charge is -2.06. The number of aromatic nitrogens is 4. The molecule has 1 atom stereocenters. The van der Waals surface area contributed by atoms with Crippen molar-refractivity contribution in [3.05, 3.63) is 29.0 Å². The Morgan fingerprint density at radius 1 is 1.50 bits per heavy atom. The average Bonchev–Trinajstić information content (AvgIpc) is 2.99. The molecular weight excluding hydrogens is 290 g/mol. The highest BCUT2D eigenvalue weighted by molar-refractivity contribution is 7.99. The molecule has 3 aromatic heterocycles. The van der Waals surface area contributed by atoms with Crippen LogP contribution in [0.25, 0.3) is 4.96 Å². The van der Waals surface area contributed by atoms with Gasteiger partial charge in [-0.1, -0.05) is 0 Å². The molecule has 0 saturated heterocycles. The first-order valence-electron chi connectivity index (χ1n) is 6.43. The number of nitrogens with two attached hydrogens (primary N) is 1. The molecule has 3 heterocycles. The lowest BCUT2D eigenvalue weighted by atomic mass is 10.2. The number of rotatable bonds is 4. The Bertz CT molecular complexity index is 737. The van der Waals surface area contributed by atoms with Gasteiger partial charge in [0, 0.05) is 31.1 Å². The van der Waals surface area contributed by atoms with Crippen molar-refractivity contribution in [1.82, 2.24) is 19.2 Å². The number of imidazole rings is 1. The summed E-state index contributed by atoms with van der Waals surface area (Å²) in [7, 11) is 1.96. The molecule has 0 aliphatic carbocycles. The van der Waals surface area contributed by atoms with Crippen molar-refractivity contribution in [2.24, 2.45) is 12.8 Å². The van der Waals surface area contributed by atoms with Crippen molar-refractivity contribution >= 4 is 28.1 Å². The summed E-state index contributed by atoms with van der Waals surface area (Å²) in [6.45, 7) is 4.02. The van der Waals surface area contributed by atoms with Gasteiger partial charge in [0.25, 0.3) is 0 Å². The molecular formula is C13H17N5S2. The van der Waals surface area contributed by atoms with Gasteiger partial charge >= 0.3 is 0 Å². The van der Waals surface area contributed by atoms with E-state index >= 15 is 0 Å². The van der Waals surface area contributed by atoms with E-state index in [9.17, 15) is 0 Å². The molecule has 3 rings (SSSR count). The highest BCUT2D eigenvalue weighted by Crippen LogP contribution is 2.32. The predicted octanol–water partition coefficient (Wildman–Crippen LogP) is 2.48. The monoisotopic (exact) mass is 307 g/mol. The molecule has 0 saturated carbocycles. The first-order valence-corrected chi connectivity index (χ1v) is 8.12. The second kappa shape index (κ2) is 5.23. The van der Waals surface area contributed by atoms with Gasteiger partial charge in [-0.2, -0.15) is 5.10 Å². The van der Waals surface area contributed by atoms with Crippen LogP contribution in [0.5, 0.6) is 0 Å². The summed E-state index contributed by atoms with van der Waals surface area (Å²) in [5, 5.41) is 8.55. The maximum Gasteiger partial charge on any atom is 0.194 e. The van der Waals surface area contributed by atoms with E-state index in [0.29, 0.717) is 0 Å². The summed E-state index contributed by atoms with van der Waals surface area (Å²) in [4.78, 5) is 5.73. The topological polar surface area (TPSA) is 61.1 Å². The fourth-order valence-corrected chi connectivity index (χ4v) is 3.99. The SMILES string of the molecule is Cc1cc(Sc2nc3sccn3c2CC(C)N)n(C)n1. The largest absolute Gasteiger partial charge is 0.328 e. The van der Waals surface area contributed by atoms with Crippen LogP contribution < -0.4 is 5.73 Å². The van der Waals surface area contributed by atoms with Crippen molar-refractivity contribution in [2.75, 3.05) is 0 Å². The Morgan fingerprint density at radius 3 is 2.95 bits per heavy atom. The zero-order chi connectivity index (χ0) is 14.3. The van der Waals surface area contributed by atoms with Crippen LogP contribution in [0.1, 0.15) is 18.3 Å². The molecule has 0 fully saturated rings. The summed E-state index contributed by atoms with van der Waals surface area (Å²) < 4.78 is 4.03. The van der Waals surface area contributed by atoms with Crippen LogP contribution >= 0.6 is 23.1 Å². The Hall–Kier alpha value is -1.31. The van der Waals surface area contributed by atoms with Crippen molar-refractivity contribution in [3.8, 4) is 0 Å². The molecule has 1 unspecified atom stereocenters. The van der Waals surface area contributed by atoms with Crippen LogP contribution in [0.4, 0.5) is 0 Å². The highest BCUT2D eigenvalue weighted by atomic mass is 32.2. The molecule has 0 aromatic carbocycles. The van der Waals surface area contributed by atoms with E-state index in [0.717, 1.165) is 27.1 Å². The lowest BCUT2D eigenvalue weighted by Crippen LogP contribution is -2.19. The van der Waals surface area contributed by atoms with E-state index in [2.05, 4.69) is 27.1 Å². The van der Waals surface area contributed by atoms with E-state index in [1.54, 1.807) is 23.1 Å². The summed E-state index contributed by atoms with van der Waals surface area (Å²) in [5.74, 6) is 0. The van der Waals surface area contributed by atoms with Gasteiger partial charge in [0.15, 0.2) is 4.96 Å². The average molecular weight is 307 g/mol. The molecule has 0 aliphatic rings. The third-order valence-electron chi connectivity index (χ3n) is 3.00. The fraction of sp³-hybridized carbons (Fsp3) is 0.385. The lowest BCUT2D eigenvalue weighted by molar-refractivity contribution is 0.689. The van der Waals surface area contributed by atoms with Crippen LogP contribution in [0, 0.1) is 6.92 Å². The Kier molecular flexibility index (Phi) is 3.57. The molecule has 0 spiro atoms. The van der Waals surface area contributed by atoms with Crippen molar-refractivity contribution in [1.29, 1.82) is 0 Å². The first-order chi connectivity index (χ1) is 9.54. The maximum absolute atomic E-state index is 5.98. The summed E-state index contributed by atoms with van der Waals surface area (Å²) >= 11 is 3.30. The van der Waals surface area contributed by atoms with Gasteiger partial charge in [-0.15, -0.1) is 11.3 Å². The second-order valence-corrected chi connectivity index (χ2v) is 6.83. The van der Waals surface area contributed by atoms with Crippen LogP contribution in [-0.2, 0) is 13.5 Å². The van der Waals surface area contributed by atoms with Gasteiger partial charge in [0.05, 0.1) is 11.4 Å². The second-order valence-electron chi connectivity index (χ2n) is 4.95. The number of fused-ring (bicyclic) bond motifs is 1. The van der Waals surface area contributed by atoms with Crippen LogP contribution in [0.15, 0.2) is 27.7 Å². The van der Waals surface area contributed by atoms with Gasteiger partial charge < -0.3 is 5.73 Å². The first kappa shape index (κ1) is 13.7. The smallest absolute Gasteiger partial charge is 0.194 e. The molecule has 0 amide bonds. The molecule has 0 bridgehead atoms. The highest BCUT2D eigenvalue weighted by Gasteiger charge is 2.17. The molecule has 0 radical (unpaired) electrons. The summed E-state index contributed by atoms with van der Waals surface area (Å²) in [6, 6.07) is 2.19. The van der Waals surface area contributed by atoms with Crippen molar-refractivity contribution < 1.29 is 0 Å². The van der Waals surface area contributed by atoms with Crippen LogP contribution in [-0.4, -0.2) is 25.2 Å². The van der Waals surface area contributed by atoms with Gasteiger partial charge in [-0.05, 0) is 31.7 Å². The third kappa shape index (κ3) is 2.48. The molecule has 3 aromatic rings. The van der Waals surface area contributed by atoms with Gasteiger partial charge in [-0.3, -0.25) is 9.08 Å². The number of aryl methyl sites for hydroxylation is 2. The van der Waals surface area contributed by atoms with E-state index in [1.807, 2.05) is 25.6 Å². The Morgan fingerprint density at radius 2 is 2.30 bits per heavy atom. The third-order valence-corrected chi connectivity index (χ3v) is 4.87. The minimum absolute atomic E-state index is 0.113. The Labute approximate surface area is 125 Å². The molecule has 5 nitrogen and oxygen atoms in total. The minimum atomic E-state index is 0.113. The fourth-order valence-electron chi connectivity index (χ4n) is 2.17. The van der Waals surface area contributed by atoms with E-state index in [1.165, 1.54) is 5.69 Å². The van der Waals surface area contributed by atoms with E-state index in [4.69, 9.17) is 10.7 Å². The number of nitrogens with zero attached hydrogens (tertiary/aromatic N) is 4. The predicted molar refractivity (Wildman–Crippen MR) is 82.5 cm³/mol. The van der Waals surface area contributed by atoms with E-state index in [-0.39, 0.29) is 6.04 Å². The minimum Gasteiger partial charge on any atom is -0.328 e. The van der Waals surface area contributed by atoms with Gasteiger partial charge in [0.2, 0.25) is 0 Å². The molecule has 2 N–H and O–H groups in total. The zero-order valence-electron chi connectivity index (χ0n) is 11.7. The van der Waals surface area contributed by atoms with Crippen molar-refractivity contribution in [3.63, 3.8) is 0 Å². The van der Waals surface area contributed by atoms with Gasteiger partial charge in [-0.25, -0.2) is 4.98 Å². The van der Waals surface area contributed by atoms with Crippen LogP contribution in [0.3, 0.4) is 0 Å². The summed E-state index contributed by atoms with van der Waals surface area (Å²) in [6.07, 6.45) is 2.88. The number of thiazole rings is 1. The quantitative estimate of drug-likeness (QED) is 0.804. The Balaban J connectivity index is 2.01. The molecule has 0 aliphatic heterocycles. The molecule has 20 heavy (non-hydrogen) atoms. The maximum atomic E-state index is 5.98. The van der Waals surface area contributed by atoms with E-state index < -0.39 is 0 Å². The van der Waals surface area contributed by atoms with Crippen LogP contribution in [0.2, 0.25) is 0 Å². The normalized spacial score (nSPS) is 13.2. The summed E-state index contributed by atoms with van der Waals surface area (Å²) in [5.41, 5.74) is 8.17. The van der Waals surface area contributed by atoms with Gasteiger partial charge in [0.1, 0.15) is 10.1 Å². The number of hydrogen-bond donors (Lipinski definition) is 1. The molecule has 106 valence electrons. The van der Waals surface area contributed by atoms with Crippen molar-refractivity contribution in [2.45, 2.75) is 36.4 Å². The molecule has 7 heteroatoms. The zero-order valence-corrected chi connectivity index (χ0v) is 13.3. The standard InChI is InChI=1S/C13H17N5S2/c1-8(14)6-10-12(15-13-18(10)4-5-19-13)20-11-7-9(2)16-17(11)3/h4-5,7-8H,6,14H2,1-3H3.